The summed E-state index contributed by atoms with van der Waals surface area (Å²) in [4.78, 5) is 0. The lowest BCUT2D eigenvalue weighted by Crippen LogP contribution is -2.37. The van der Waals surface area contributed by atoms with Crippen LogP contribution in [0.5, 0.6) is 0 Å². The summed E-state index contributed by atoms with van der Waals surface area (Å²) >= 11 is 0. The molecule has 0 amide bonds. The Bertz CT molecular complexity index is 447. The van der Waals surface area contributed by atoms with Crippen molar-refractivity contribution in [2.75, 3.05) is 13.1 Å². The second-order valence-electron chi connectivity index (χ2n) is 7.54. The first kappa shape index (κ1) is 16.5. The summed E-state index contributed by atoms with van der Waals surface area (Å²) in [6.07, 6.45) is 6.29. The zero-order valence-corrected chi connectivity index (χ0v) is 14.6. The quantitative estimate of drug-likeness (QED) is 0.868. The van der Waals surface area contributed by atoms with Crippen molar-refractivity contribution in [2.45, 2.75) is 59.8 Å². The van der Waals surface area contributed by atoms with Gasteiger partial charge in [0.15, 0.2) is 0 Å². The van der Waals surface area contributed by atoms with Crippen molar-refractivity contribution in [3.8, 4) is 0 Å². The molecule has 1 N–H and O–H groups in total. The van der Waals surface area contributed by atoms with Crippen LogP contribution < -0.4 is 5.32 Å². The fourth-order valence-electron chi connectivity index (χ4n) is 3.83. The lowest BCUT2D eigenvalue weighted by Gasteiger charge is -2.41. The Labute approximate surface area is 130 Å². The second kappa shape index (κ2) is 6.95. The molecule has 21 heavy (non-hydrogen) atoms. The maximum absolute atomic E-state index is 4.62. The molecule has 3 nitrogen and oxygen atoms in total. The van der Waals surface area contributed by atoms with Crippen molar-refractivity contribution >= 4 is 0 Å². The third-order valence-corrected chi connectivity index (χ3v) is 5.19. The molecular formula is C18H33N3. The Morgan fingerprint density at radius 2 is 2.10 bits per heavy atom. The summed E-state index contributed by atoms with van der Waals surface area (Å²) in [7, 11) is 2.10. The minimum Gasteiger partial charge on any atom is -0.317 e. The van der Waals surface area contributed by atoms with E-state index >= 15 is 0 Å². The first-order valence-corrected chi connectivity index (χ1v) is 8.67. The average Bonchev–Trinajstić information content (AvgIpc) is 2.78. The van der Waals surface area contributed by atoms with Crippen LogP contribution in [0.15, 0.2) is 6.07 Å². The van der Waals surface area contributed by atoms with Gasteiger partial charge in [-0.25, -0.2) is 0 Å². The molecule has 1 fully saturated rings. The van der Waals surface area contributed by atoms with E-state index in [1.807, 2.05) is 0 Å². The van der Waals surface area contributed by atoms with Gasteiger partial charge in [0, 0.05) is 12.7 Å². The molecule has 0 spiro atoms. The molecule has 1 heterocycles. The number of nitrogens with one attached hydrogen (secondary N) is 1. The number of nitrogens with zero attached hydrogens (tertiary/aromatic N) is 2. The van der Waals surface area contributed by atoms with Crippen LogP contribution in [0.1, 0.15) is 58.3 Å². The predicted octanol–water partition coefficient (Wildman–Crippen LogP) is 3.58. The van der Waals surface area contributed by atoms with Crippen LogP contribution in [0.4, 0.5) is 0 Å². The number of hydrogen-bond acceptors (Lipinski definition) is 2. The van der Waals surface area contributed by atoms with Crippen LogP contribution >= 0.6 is 0 Å². The Hall–Kier alpha value is -0.830. The molecule has 1 aromatic heterocycles. The fourth-order valence-corrected chi connectivity index (χ4v) is 3.83. The van der Waals surface area contributed by atoms with Crippen molar-refractivity contribution in [3.05, 3.63) is 17.5 Å². The summed E-state index contributed by atoms with van der Waals surface area (Å²) in [6.45, 7) is 11.5. The van der Waals surface area contributed by atoms with Gasteiger partial charge in [0.2, 0.25) is 0 Å². The molecule has 0 bridgehead atoms. The molecule has 2 unspecified atom stereocenters. The molecule has 0 aliphatic heterocycles. The minimum absolute atomic E-state index is 0.500. The predicted molar refractivity (Wildman–Crippen MR) is 89.4 cm³/mol. The van der Waals surface area contributed by atoms with Crippen molar-refractivity contribution in [1.82, 2.24) is 15.1 Å². The molecule has 1 aliphatic carbocycles. The average molecular weight is 291 g/mol. The van der Waals surface area contributed by atoms with Gasteiger partial charge < -0.3 is 5.32 Å². The lowest BCUT2D eigenvalue weighted by molar-refractivity contribution is 0.115. The highest BCUT2D eigenvalue weighted by Gasteiger charge is 2.34. The van der Waals surface area contributed by atoms with E-state index in [1.54, 1.807) is 0 Å². The van der Waals surface area contributed by atoms with Gasteiger partial charge in [0.05, 0.1) is 5.69 Å². The van der Waals surface area contributed by atoms with E-state index in [9.17, 15) is 0 Å². The summed E-state index contributed by atoms with van der Waals surface area (Å²) in [5.41, 5.74) is 3.14. The van der Waals surface area contributed by atoms with Gasteiger partial charge >= 0.3 is 0 Å². The molecule has 2 atom stereocenters. The third kappa shape index (κ3) is 4.32. The molecule has 0 radical (unpaired) electrons. The maximum Gasteiger partial charge on any atom is 0.0624 e. The Kier molecular flexibility index (Phi) is 5.48. The highest BCUT2D eigenvalue weighted by molar-refractivity contribution is 5.11. The second-order valence-corrected chi connectivity index (χ2v) is 7.54. The van der Waals surface area contributed by atoms with E-state index < -0.39 is 0 Å². The van der Waals surface area contributed by atoms with E-state index in [0.717, 1.165) is 24.8 Å². The monoisotopic (exact) mass is 291 g/mol. The van der Waals surface area contributed by atoms with Gasteiger partial charge in [-0.05, 0) is 68.5 Å². The van der Waals surface area contributed by atoms with E-state index in [2.05, 4.69) is 55.9 Å². The van der Waals surface area contributed by atoms with E-state index in [4.69, 9.17) is 0 Å². The topological polar surface area (TPSA) is 29.9 Å². The molecule has 1 aromatic rings. The Morgan fingerprint density at radius 1 is 1.33 bits per heavy atom. The smallest absolute Gasteiger partial charge is 0.0624 e. The number of hydrogen-bond donors (Lipinski definition) is 1. The number of rotatable bonds is 6. The van der Waals surface area contributed by atoms with E-state index in [0.29, 0.717) is 5.41 Å². The first-order chi connectivity index (χ1) is 9.95. The van der Waals surface area contributed by atoms with Crippen molar-refractivity contribution in [1.29, 1.82) is 0 Å². The van der Waals surface area contributed by atoms with Crippen LogP contribution in [0.3, 0.4) is 0 Å². The largest absolute Gasteiger partial charge is 0.317 e. The minimum atomic E-state index is 0.500. The third-order valence-electron chi connectivity index (χ3n) is 5.19. The standard InChI is InChI=1S/C18H33N3/c1-6-16-11-17(21(5)20-16)10-15-12-18(3,4)9-8-14(15)13-19-7-2/h11,14-15,19H,6-10,12-13H2,1-5H3. The molecule has 1 saturated carbocycles. The van der Waals surface area contributed by atoms with Crippen molar-refractivity contribution in [2.24, 2.45) is 24.3 Å². The highest BCUT2D eigenvalue weighted by Crippen LogP contribution is 2.43. The van der Waals surface area contributed by atoms with Gasteiger partial charge in [-0.3, -0.25) is 4.68 Å². The van der Waals surface area contributed by atoms with Gasteiger partial charge in [0.25, 0.3) is 0 Å². The zero-order valence-electron chi connectivity index (χ0n) is 14.6. The molecule has 120 valence electrons. The number of aromatic nitrogens is 2. The van der Waals surface area contributed by atoms with Gasteiger partial charge in [-0.15, -0.1) is 0 Å². The van der Waals surface area contributed by atoms with Crippen LogP contribution in [-0.4, -0.2) is 22.9 Å². The van der Waals surface area contributed by atoms with Gasteiger partial charge in [0.1, 0.15) is 0 Å². The van der Waals surface area contributed by atoms with Gasteiger partial charge in [-0.2, -0.15) is 5.10 Å². The van der Waals surface area contributed by atoms with Crippen molar-refractivity contribution in [3.63, 3.8) is 0 Å². The van der Waals surface area contributed by atoms with Crippen LogP contribution in [0.2, 0.25) is 0 Å². The van der Waals surface area contributed by atoms with Crippen LogP contribution in [-0.2, 0) is 19.9 Å². The summed E-state index contributed by atoms with van der Waals surface area (Å²) in [6, 6.07) is 2.31. The maximum atomic E-state index is 4.62. The fraction of sp³-hybridized carbons (Fsp3) is 0.833. The Balaban J connectivity index is 2.09. The van der Waals surface area contributed by atoms with Crippen LogP contribution in [0.25, 0.3) is 0 Å². The van der Waals surface area contributed by atoms with E-state index in [-0.39, 0.29) is 0 Å². The Morgan fingerprint density at radius 3 is 2.71 bits per heavy atom. The summed E-state index contributed by atoms with van der Waals surface area (Å²) in [5, 5.41) is 8.19. The van der Waals surface area contributed by atoms with Gasteiger partial charge in [-0.1, -0.05) is 27.7 Å². The molecule has 0 aromatic carbocycles. The van der Waals surface area contributed by atoms with E-state index in [1.165, 1.54) is 43.6 Å². The molecular weight excluding hydrogens is 258 g/mol. The molecule has 1 aliphatic rings. The highest BCUT2D eigenvalue weighted by atomic mass is 15.3. The first-order valence-electron chi connectivity index (χ1n) is 8.67. The SMILES string of the molecule is CCNCC1CCC(C)(C)CC1Cc1cc(CC)nn1C. The molecule has 2 rings (SSSR count). The molecule has 3 heteroatoms. The lowest BCUT2D eigenvalue weighted by atomic mass is 9.66. The molecule has 0 saturated heterocycles. The summed E-state index contributed by atoms with van der Waals surface area (Å²) in [5.74, 6) is 1.60. The van der Waals surface area contributed by atoms with Crippen molar-refractivity contribution < 1.29 is 0 Å². The number of aryl methyl sites for hydroxylation is 2. The zero-order chi connectivity index (χ0) is 15.5. The summed E-state index contributed by atoms with van der Waals surface area (Å²) < 4.78 is 2.10. The van der Waals surface area contributed by atoms with Crippen LogP contribution in [0, 0.1) is 17.3 Å². The normalized spacial score (nSPS) is 25.2.